The van der Waals surface area contributed by atoms with E-state index in [1.54, 1.807) is 13.1 Å². The molecule has 0 unspecified atom stereocenters. The summed E-state index contributed by atoms with van der Waals surface area (Å²) >= 11 is 0. The van der Waals surface area contributed by atoms with Crippen molar-refractivity contribution in [3.05, 3.63) is 52.8 Å². The van der Waals surface area contributed by atoms with E-state index in [9.17, 15) is 13.6 Å². The minimum atomic E-state index is -1.63. The number of rotatable bonds is 6. The zero-order valence-electron chi connectivity index (χ0n) is 19.1. The van der Waals surface area contributed by atoms with Crippen LogP contribution in [0.4, 0.5) is 14.5 Å². The van der Waals surface area contributed by atoms with Crippen molar-refractivity contribution >= 4 is 11.6 Å². The monoisotopic (exact) mass is 432 g/mol. The van der Waals surface area contributed by atoms with Crippen LogP contribution in [0.1, 0.15) is 69.0 Å². The average Bonchev–Trinajstić information content (AvgIpc) is 3.32. The van der Waals surface area contributed by atoms with E-state index in [4.69, 9.17) is 4.52 Å². The quantitative estimate of drug-likeness (QED) is 0.532. The van der Waals surface area contributed by atoms with E-state index < -0.39 is 17.4 Å². The largest absolute Gasteiger partial charge is 0.360 e. The molecule has 1 aromatic carbocycles. The highest BCUT2D eigenvalue weighted by atomic mass is 19.1. The first-order valence-electron chi connectivity index (χ1n) is 10.5. The lowest BCUT2D eigenvalue weighted by molar-refractivity contribution is 0.102. The van der Waals surface area contributed by atoms with Gasteiger partial charge in [0.05, 0.1) is 17.1 Å². The number of aryl methyl sites for hydroxylation is 3. The molecule has 1 N–H and O–H groups in total. The van der Waals surface area contributed by atoms with Gasteiger partial charge in [-0.3, -0.25) is 9.48 Å². The van der Waals surface area contributed by atoms with Crippen LogP contribution in [0.25, 0.3) is 11.3 Å². The Kier molecular flexibility index (Phi) is 7.70. The van der Waals surface area contributed by atoms with Crippen LogP contribution in [-0.4, -0.2) is 20.8 Å². The summed E-state index contributed by atoms with van der Waals surface area (Å²) in [7, 11) is 1.63. The summed E-state index contributed by atoms with van der Waals surface area (Å²) in [5, 5.41) is 10.7. The van der Waals surface area contributed by atoms with Gasteiger partial charge < -0.3 is 9.84 Å². The van der Waals surface area contributed by atoms with Crippen LogP contribution in [0.2, 0.25) is 0 Å². The average molecular weight is 433 g/mol. The van der Waals surface area contributed by atoms with E-state index in [1.165, 1.54) is 36.7 Å². The minimum absolute atomic E-state index is 0.221. The standard InChI is InChI=1S/C21H24F2N4O2.C2H6/c1-6-15-19(17(7-2)29-26-15)20(28)24-12-8-9-13(14(22)10-12)16-11-18(21(3,4)23)25-27(16)5;1-2/h8-11H,6-7H2,1-5H3,(H,24,28);1-2H3. The van der Waals surface area contributed by atoms with Crippen molar-refractivity contribution in [1.29, 1.82) is 0 Å². The number of alkyl halides is 1. The summed E-state index contributed by atoms with van der Waals surface area (Å²) in [6, 6.07) is 5.88. The third-order valence-corrected chi connectivity index (χ3v) is 4.71. The van der Waals surface area contributed by atoms with Crippen molar-refractivity contribution < 1.29 is 18.1 Å². The molecule has 0 aliphatic rings. The van der Waals surface area contributed by atoms with Gasteiger partial charge in [0.25, 0.3) is 5.91 Å². The summed E-state index contributed by atoms with van der Waals surface area (Å²) in [6.07, 6.45) is 1.07. The Labute approximate surface area is 181 Å². The van der Waals surface area contributed by atoms with Gasteiger partial charge in [0.15, 0.2) is 0 Å². The number of carbonyl (C=O) groups excluding carboxylic acids is 1. The maximum Gasteiger partial charge on any atom is 0.261 e. The van der Waals surface area contributed by atoms with Gasteiger partial charge in [0.1, 0.15) is 22.8 Å². The molecule has 2 heterocycles. The highest BCUT2D eigenvalue weighted by Gasteiger charge is 2.25. The molecule has 0 bridgehead atoms. The lowest BCUT2D eigenvalue weighted by atomic mass is 10.0. The van der Waals surface area contributed by atoms with Gasteiger partial charge >= 0.3 is 0 Å². The molecular weight excluding hydrogens is 402 g/mol. The third-order valence-electron chi connectivity index (χ3n) is 4.71. The molecule has 168 valence electrons. The molecule has 0 saturated carbocycles. The van der Waals surface area contributed by atoms with Crippen LogP contribution < -0.4 is 5.32 Å². The van der Waals surface area contributed by atoms with Gasteiger partial charge in [-0.15, -0.1) is 0 Å². The van der Waals surface area contributed by atoms with Gasteiger partial charge in [0.2, 0.25) is 0 Å². The Bertz CT molecular complexity index is 1030. The van der Waals surface area contributed by atoms with E-state index >= 15 is 0 Å². The van der Waals surface area contributed by atoms with Crippen molar-refractivity contribution in [3.63, 3.8) is 0 Å². The molecule has 0 aliphatic carbocycles. The summed E-state index contributed by atoms with van der Waals surface area (Å²) in [5.41, 5.74) is 0.554. The molecule has 0 fully saturated rings. The molecule has 0 radical (unpaired) electrons. The Morgan fingerprint density at radius 3 is 2.39 bits per heavy atom. The van der Waals surface area contributed by atoms with Crippen LogP contribution in [-0.2, 0) is 25.6 Å². The number of nitrogens with zero attached hydrogens (tertiary/aromatic N) is 3. The van der Waals surface area contributed by atoms with Crippen LogP contribution in [0, 0.1) is 5.82 Å². The van der Waals surface area contributed by atoms with E-state index in [-0.39, 0.29) is 11.3 Å². The Balaban J connectivity index is 0.00000166. The maximum absolute atomic E-state index is 14.8. The van der Waals surface area contributed by atoms with E-state index in [1.807, 2.05) is 27.7 Å². The number of aromatic nitrogens is 3. The van der Waals surface area contributed by atoms with E-state index in [2.05, 4.69) is 15.6 Å². The molecule has 0 saturated heterocycles. The number of hydrogen-bond donors (Lipinski definition) is 1. The van der Waals surface area contributed by atoms with Gasteiger partial charge in [0, 0.05) is 24.7 Å². The number of halogens is 2. The number of nitrogens with one attached hydrogen (secondary N) is 1. The van der Waals surface area contributed by atoms with Crippen molar-refractivity contribution in [2.75, 3.05) is 5.32 Å². The van der Waals surface area contributed by atoms with Crippen LogP contribution in [0.5, 0.6) is 0 Å². The molecular formula is C23H30F2N4O2. The molecule has 6 nitrogen and oxygen atoms in total. The summed E-state index contributed by atoms with van der Waals surface area (Å²) in [4.78, 5) is 12.7. The molecule has 0 atom stereocenters. The first-order valence-corrected chi connectivity index (χ1v) is 10.5. The zero-order chi connectivity index (χ0) is 23.3. The fraction of sp³-hybridized carbons (Fsp3) is 0.435. The number of anilines is 1. The summed E-state index contributed by atoms with van der Waals surface area (Å²) in [5.74, 6) is -0.451. The Hall–Kier alpha value is -3.03. The van der Waals surface area contributed by atoms with Gasteiger partial charge in [-0.2, -0.15) is 5.10 Å². The summed E-state index contributed by atoms with van der Waals surface area (Å²) in [6.45, 7) is 10.5. The second kappa shape index (κ2) is 9.85. The number of benzene rings is 1. The van der Waals surface area contributed by atoms with E-state index in [0.717, 1.165) is 0 Å². The second-order valence-electron chi connectivity index (χ2n) is 7.29. The topological polar surface area (TPSA) is 73.0 Å². The molecule has 0 aliphatic heterocycles. The smallest absolute Gasteiger partial charge is 0.261 e. The summed E-state index contributed by atoms with van der Waals surface area (Å²) < 4.78 is 35.6. The van der Waals surface area contributed by atoms with Gasteiger partial charge in [-0.1, -0.05) is 32.9 Å². The molecule has 1 amide bonds. The van der Waals surface area contributed by atoms with Crippen LogP contribution in [0.3, 0.4) is 0 Å². The lowest BCUT2D eigenvalue weighted by Crippen LogP contribution is -2.15. The Morgan fingerprint density at radius 1 is 1.19 bits per heavy atom. The predicted molar refractivity (Wildman–Crippen MR) is 117 cm³/mol. The SMILES string of the molecule is CC.CCc1noc(CC)c1C(=O)Nc1ccc(-c2cc(C(C)(C)F)nn2C)c(F)c1. The number of carbonyl (C=O) groups is 1. The predicted octanol–water partition coefficient (Wildman–Crippen LogP) is 5.82. The lowest BCUT2D eigenvalue weighted by Gasteiger charge is -2.09. The molecule has 0 spiro atoms. The first-order chi connectivity index (χ1) is 14.7. The highest BCUT2D eigenvalue weighted by molar-refractivity contribution is 6.05. The first kappa shape index (κ1) is 24.2. The highest BCUT2D eigenvalue weighted by Crippen LogP contribution is 2.30. The van der Waals surface area contributed by atoms with Crippen molar-refractivity contribution in [2.24, 2.45) is 7.05 Å². The van der Waals surface area contributed by atoms with Crippen molar-refractivity contribution in [1.82, 2.24) is 14.9 Å². The normalized spacial score (nSPS) is 11.1. The molecule has 8 heteroatoms. The second-order valence-corrected chi connectivity index (χ2v) is 7.29. The van der Waals surface area contributed by atoms with Crippen LogP contribution >= 0.6 is 0 Å². The fourth-order valence-electron chi connectivity index (χ4n) is 3.11. The van der Waals surface area contributed by atoms with E-state index in [0.29, 0.717) is 41.2 Å². The Morgan fingerprint density at radius 2 is 1.87 bits per heavy atom. The van der Waals surface area contributed by atoms with Crippen molar-refractivity contribution in [2.45, 2.75) is 60.1 Å². The van der Waals surface area contributed by atoms with Crippen LogP contribution in [0.15, 0.2) is 28.8 Å². The third kappa shape index (κ3) is 5.18. The van der Waals surface area contributed by atoms with Gasteiger partial charge in [-0.25, -0.2) is 8.78 Å². The molecule has 3 rings (SSSR count). The molecule has 3 aromatic rings. The maximum atomic E-state index is 14.8. The van der Waals surface area contributed by atoms with Gasteiger partial charge in [-0.05, 0) is 44.5 Å². The number of amides is 1. The fourth-order valence-corrected chi connectivity index (χ4v) is 3.11. The number of hydrogen-bond acceptors (Lipinski definition) is 4. The molecule has 31 heavy (non-hydrogen) atoms. The molecule has 2 aromatic heterocycles. The zero-order valence-corrected chi connectivity index (χ0v) is 19.1. The van der Waals surface area contributed by atoms with Crippen molar-refractivity contribution in [3.8, 4) is 11.3 Å². The minimum Gasteiger partial charge on any atom is -0.360 e.